The number of anilines is 2. The molecule has 0 atom stereocenters. The minimum absolute atomic E-state index is 0.304. The number of hydrogen-bond acceptors (Lipinski definition) is 3. The van der Waals surface area contributed by atoms with Crippen LogP contribution < -0.4 is 10.2 Å². The molecule has 0 spiro atoms. The van der Waals surface area contributed by atoms with Crippen LogP contribution in [0.1, 0.15) is 12.5 Å². The van der Waals surface area contributed by atoms with Crippen LogP contribution in [0.25, 0.3) is 0 Å². The fourth-order valence-corrected chi connectivity index (χ4v) is 2.73. The molecule has 1 aliphatic heterocycles. The highest BCUT2D eigenvalue weighted by Gasteiger charge is 2.17. The zero-order valence-electron chi connectivity index (χ0n) is 13.3. The van der Waals surface area contributed by atoms with Crippen molar-refractivity contribution in [2.24, 2.45) is 0 Å². The summed E-state index contributed by atoms with van der Waals surface area (Å²) in [6.07, 6.45) is 2.41. The van der Waals surface area contributed by atoms with E-state index in [4.69, 9.17) is 0 Å². The zero-order chi connectivity index (χ0) is 15.9. The summed E-state index contributed by atoms with van der Waals surface area (Å²) in [5.41, 5.74) is 3.09. The molecule has 0 unspecified atom stereocenters. The van der Waals surface area contributed by atoms with E-state index in [0.29, 0.717) is 0 Å². The number of carbonyl (C=O) groups excluding carboxylic acids is 1. The highest BCUT2D eigenvalue weighted by molar-refractivity contribution is 5.99. The van der Waals surface area contributed by atoms with E-state index in [0.717, 1.165) is 44.0 Å². The molecule has 1 fully saturated rings. The fraction of sp³-hybridized carbons (Fsp3) is 0.471. The van der Waals surface area contributed by atoms with Gasteiger partial charge in [0.05, 0.1) is 0 Å². The molecule has 22 heavy (non-hydrogen) atoms. The number of halogens is 1. The summed E-state index contributed by atoms with van der Waals surface area (Å²) in [6.45, 7) is 8.94. The third-order valence-electron chi connectivity index (χ3n) is 3.98. The molecule has 1 heterocycles. The Morgan fingerprint density at radius 1 is 1.32 bits per heavy atom. The van der Waals surface area contributed by atoms with Crippen LogP contribution in [0.2, 0.25) is 0 Å². The first kappa shape index (κ1) is 16.5. The summed E-state index contributed by atoms with van der Waals surface area (Å²) < 4.78 is 12.0. The van der Waals surface area contributed by atoms with Gasteiger partial charge in [0, 0.05) is 43.6 Å². The van der Waals surface area contributed by atoms with E-state index in [2.05, 4.69) is 29.0 Å². The molecule has 4 nitrogen and oxygen atoms in total. The molecule has 120 valence electrons. The number of allylic oxidation sites excluding steroid dienone is 1. The molecule has 0 aliphatic carbocycles. The van der Waals surface area contributed by atoms with Gasteiger partial charge in [0.1, 0.15) is 6.67 Å². The van der Waals surface area contributed by atoms with Crippen LogP contribution in [0, 0.1) is 6.92 Å². The Hall–Kier alpha value is -1.88. The van der Waals surface area contributed by atoms with Crippen LogP contribution in [0.15, 0.2) is 30.4 Å². The van der Waals surface area contributed by atoms with E-state index < -0.39 is 6.67 Å². The lowest BCUT2D eigenvalue weighted by molar-refractivity contribution is -0.111. The van der Waals surface area contributed by atoms with E-state index in [1.54, 1.807) is 0 Å². The number of rotatable bonds is 5. The number of nitrogens with zero attached hydrogens (tertiary/aromatic N) is 2. The monoisotopic (exact) mass is 305 g/mol. The van der Waals surface area contributed by atoms with Gasteiger partial charge in [0.15, 0.2) is 0 Å². The number of carbonyl (C=O) groups is 1. The van der Waals surface area contributed by atoms with Crippen molar-refractivity contribution in [2.45, 2.75) is 13.8 Å². The van der Waals surface area contributed by atoms with Gasteiger partial charge in [-0.25, -0.2) is 4.39 Å². The number of nitrogens with one attached hydrogen (secondary N) is 1. The number of hydrogen-bond donors (Lipinski definition) is 1. The van der Waals surface area contributed by atoms with Gasteiger partial charge in [0.25, 0.3) is 0 Å². The summed E-state index contributed by atoms with van der Waals surface area (Å²) in [7, 11) is 0. The van der Waals surface area contributed by atoms with Gasteiger partial charge >= 0.3 is 0 Å². The maximum absolute atomic E-state index is 12.0. The molecular formula is C17H24FN3O. The number of benzene rings is 1. The highest BCUT2D eigenvalue weighted by atomic mass is 19.1. The third kappa shape index (κ3) is 4.31. The van der Waals surface area contributed by atoms with Crippen LogP contribution in [0.5, 0.6) is 0 Å². The molecule has 1 N–H and O–H groups in total. The summed E-state index contributed by atoms with van der Waals surface area (Å²) in [4.78, 5) is 16.4. The van der Waals surface area contributed by atoms with Gasteiger partial charge in [-0.1, -0.05) is 6.92 Å². The molecule has 1 saturated heterocycles. The second kappa shape index (κ2) is 7.94. The van der Waals surface area contributed by atoms with E-state index in [1.807, 2.05) is 18.2 Å². The average Bonchev–Trinajstić information content (AvgIpc) is 2.53. The first-order valence-electron chi connectivity index (χ1n) is 7.75. The summed E-state index contributed by atoms with van der Waals surface area (Å²) in [5, 5.41) is 2.74. The topological polar surface area (TPSA) is 35.6 Å². The Labute approximate surface area is 131 Å². The number of alkyl halides is 1. The van der Waals surface area contributed by atoms with Crippen LogP contribution in [0.3, 0.4) is 0 Å². The summed E-state index contributed by atoms with van der Waals surface area (Å²) in [6, 6.07) is 5.91. The Kier molecular flexibility index (Phi) is 5.95. The molecule has 5 heteroatoms. The SMILES string of the molecule is CCN1CCN(c2ccc(NC(=O)/C=C/CF)cc2C)CC1. The molecule has 1 aromatic carbocycles. The molecule has 0 aromatic heterocycles. The van der Waals surface area contributed by atoms with Crippen molar-refractivity contribution in [2.75, 3.05) is 49.6 Å². The highest BCUT2D eigenvalue weighted by Crippen LogP contribution is 2.24. The van der Waals surface area contributed by atoms with Crippen molar-refractivity contribution in [3.05, 3.63) is 35.9 Å². The predicted molar refractivity (Wildman–Crippen MR) is 89.3 cm³/mol. The van der Waals surface area contributed by atoms with E-state index in [1.165, 1.54) is 17.8 Å². The number of piperazine rings is 1. The Bertz CT molecular complexity index is 537. The van der Waals surface area contributed by atoms with Crippen LogP contribution in [-0.4, -0.2) is 50.2 Å². The molecule has 0 radical (unpaired) electrons. The maximum Gasteiger partial charge on any atom is 0.248 e. The predicted octanol–water partition coefficient (Wildman–Crippen LogP) is 2.60. The van der Waals surface area contributed by atoms with Crippen molar-refractivity contribution >= 4 is 17.3 Å². The third-order valence-corrected chi connectivity index (χ3v) is 3.98. The minimum Gasteiger partial charge on any atom is -0.369 e. The minimum atomic E-state index is -0.630. The van der Waals surface area contributed by atoms with Gasteiger partial charge in [-0.05, 0) is 43.3 Å². The zero-order valence-corrected chi connectivity index (χ0v) is 13.3. The standard InChI is InChI=1S/C17H24FN3O/c1-3-20-9-11-21(12-10-20)16-7-6-15(13-14(16)2)19-17(22)5-4-8-18/h4-7,13H,3,8-12H2,1-2H3,(H,19,22)/b5-4+. The quantitative estimate of drug-likeness (QED) is 0.849. The van der Waals surface area contributed by atoms with Gasteiger partial charge in [0.2, 0.25) is 5.91 Å². The Morgan fingerprint density at radius 3 is 2.64 bits per heavy atom. The van der Waals surface area contributed by atoms with Crippen LogP contribution in [0.4, 0.5) is 15.8 Å². The molecule has 1 aliphatic rings. The summed E-state index contributed by atoms with van der Waals surface area (Å²) in [5.74, 6) is -0.304. The first-order chi connectivity index (χ1) is 10.6. The molecule has 1 amide bonds. The van der Waals surface area contributed by atoms with Crippen molar-refractivity contribution in [1.29, 1.82) is 0 Å². The normalized spacial score (nSPS) is 16.2. The number of aryl methyl sites for hydroxylation is 1. The van der Waals surface area contributed by atoms with Crippen LogP contribution >= 0.6 is 0 Å². The van der Waals surface area contributed by atoms with Crippen LogP contribution in [-0.2, 0) is 4.79 Å². The Morgan fingerprint density at radius 2 is 2.05 bits per heavy atom. The van der Waals surface area contributed by atoms with Gasteiger partial charge in [-0.3, -0.25) is 4.79 Å². The second-order valence-corrected chi connectivity index (χ2v) is 5.47. The summed E-state index contributed by atoms with van der Waals surface area (Å²) >= 11 is 0. The smallest absolute Gasteiger partial charge is 0.248 e. The van der Waals surface area contributed by atoms with Gasteiger partial charge in [-0.2, -0.15) is 0 Å². The largest absolute Gasteiger partial charge is 0.369 e. The number of likely N-dealkylation sites (N-methyl/N-ethyl adjacent to an activating group) is 1. The van der Waals surface area contributed by atoms with Crippen molar-refractivity contribution in [3.8, 4) is 0 Å². The molecule has 0 bridgehead atoms. The van der Waals surface area contributed by atoms with Crippen molar-refractivity contribution in [1.82, 2.24) is 4.90 Å². The average molecular weight is 305 g/mol. The molecule has 1 aromatic rings. The lowest BCUT2D eigenvalue weighted by atomic mass is 10.1. The second-order valence-electron chi connectivity index (χ2n) is 5.47. The lowest BCUT2D eigenvalue weighted by Crippen LogP contribution is -2.46. The number of amides is 1. The van der Waals surface area contributed by atoms with Gasteiger partial charge < -0.3 is 15.1 Å². The molecule has 0 saturated carbocycles. The Balaban J connectivity index is 2.01. The molecular weight excluding hydrogens is 281 g/mol. The first-order valence-corrected chi connectivity index (χ1v) is 7.75. The van der Waals surface area contributed by atoms with Gasteiger partial charge in [-0.15, -0.1) is 0 Å². The fourth-order valence-electron chi connectivity index (χ4n) is 2.73. The van der Waals surface area contributed by atoms with Crippen molar-refractivity contribution in [3.63, 3.8) is 0 Å². The molecule has 2 rings (SSSR count). The maximum atomic E-state index is 12.0. The van der Waals surface area contributed by atoms with E-state index >= 15 is 0 Å². The lowest BCUT2D eigenvalue weighted by Gasteiger charge is -2.36. The van der Waals surface area contributed by atoms with E-state index in [9.17, 15) is 9.18 Å². The van der Waals surface area contributed by atoms with E-state index in [-0.39, 0.29) is 5.91 Å². The van der Waals surface area contributed by atoms with Crippen molar-refractivity contribution < 1.29 is 9.18 Å².